The molecule has 2 heterocycles. The number of hydrogen-bond donors (Lipinski definition) is 2. The van der Waals surface area contributed by atoms with Crippen molar-refractivity contribution in [1.29, 1.82) is 0 Å². The van der Waals surface area contributed by atoms with Gasteiger partial charge in [-0.3, -0.25) is 0 Å². The highest BCUT2D eigenvalue weighted by atomic mass is 16.2. The van der Waals surface area contributed by atoms with E-state index >= 15 is 0 Å². The quantitative estimate of drug-likeness (QED) is 0.791. The Bertz CT molecular complexity index is 397. The molecule has 0 atom stereocenters. The number of carbonyl (C=O) groups is 1. The second-order valence-corrected chi connectivity index (χ2v) is 4.53. The van der Waals surface area contributed by atoms with Crippen LogP contribution < -0.4 is 16.0 Å². The minimum absolute atomic E-state index is 0.422. The maximum Gasteiger partial charge on any atom is 0.312 e. The molecule has 0 spiro atoms. The lowest BCUT2D eigenvalue weighted by Gasteiger charge is -2.33. The molecule has 1 aliphatic heterocycles. The van der Waals surface area contributed by atoms with Gasteiger partial charge in [0.2, 0.25) is 0 Å². The number of carbonyl (C=O) groups excluding carboxylic acids is 1. The van der Waals surface area contributed by atoms with Crippen molar-refractivity contribution in [2.24, 2.45) is 5.73 Å². The molecule has 1 aromatic heterocycles. The fourth-order valence-corrected chi connectivity index (χ4v) is 1.93. The molecule has 6 heteroatoms. The molecule has 0 aliphatic carbocycles. The number of nitrogens with two attached hydrogens (primary N) is 1. The topological polar surface area (TPSA) is 74.5 Å². The predicted octanol–water partition coefficient (Wildman–Crippen LogP) is 0.00170. The van der Waals surface area contributed by atoms with E-state index in [-0.39, 0.29) is 0 Å². The van der Waals surface area contributed by atoms with Crippen molar-refractivity contribution in [3.63, 3.8) is 0 Å². The Morgan fingerprint density at radius 3 is 2.67 bits per heavy atom. The normalized spacial score (nSPS) is 16.6. The van der Waals surface area contributed by atoms with E-state index in [2.05, 4.69) is 27.1 Å². The molecule has 0 unspecified atom stereocenters. The van der Waals surface area contributed by atoms with Gasteiger partial charge in [0.15, 0.2) is 0 Å². The first-order valence-corrected chi connectivity index (χ1v) is 6.07. The van der Waals surface area contributed by atoms with Crippen molar-refractivity contribution in [3.8, 4) is 0 Å². The van der Waals surface area contributed by atoms with Crippen LogP contribution in [0, 0.1) is 0 Å². The van der Waals surface area contributed by atoms with Gasteiger partial charge in [-0.25, -0.2) is 9.78 Å². The van der Waals surface area contributed by atoms with E-state index in [9.17, 15) is 4.79 Å². The molecule has 0 bridgehead atoms. The van der Waals surface area contributed by atoms with Gasteiger partial charge in [-0.1, -0.05) is 6.07 Å². The van der Waals surface area contributed by atoms with Gasteiger partial charge in [0, 0.05) is 38.9 Å². The zero-order valence-electron chi connectivity index (χ0n) is 10.6. The standard InChI is InChI=1S/C12H19N5O/c1-16-4-6-17(7-5-16)11-3-2-10(8-14-11)9-15-12(13)18/h2-3,8H,4-7,9H2,1H3,(H3,13,15,18). The van der Waals surface area contributed by atoms with Gasteiger partial charge in [-0.2, -0.15) is 0 Å². The molecular weight excluding hydrogens is 230 g/mol. The number of anilines is 1. The number of amides is 2. The third-order valence-corrected chi connectivity index (χ3v) is 3.10. The number of urea groups is 1. The van der Waals surface area contributed by atoms with Gasteiger partial charge in [-0.05, 0) is 18.7 Å². The Balaban J connectivity index is 1.93. The molecule has 1 aliphatic rings. The van der Waals surface area contributed by atoms with Crippen LogP contribution in [0.4, 0.5) is 10.6 Å². The highest BCUT2D eigenvalue weighted by Gasteiger charge is 2.14. The van der Waals surface area contributed by atoms with Crippen LogP contribution in [0.5, 0.6) is 0 Å². The molecule has 1 fully saturated rings. The van der Waals surface area contributed by atoms with Crippen LogP contribution in [0.25, 0.3) is 0 Å². The molecule has 0 aromatic carbocycles. The molecule has 1 aromatic rings. The van der Waals surface area contributed by atoms with E-state index in [0.717, 1.165) is 37.6 Å². The second kappa shape index (κ2) is 5.68. The average molecular weight is 249 g/mol. The van der Waals surface area contributed by atoms with Crippen LogP contribution in [0.3, 0.4) is 0 Å². The molecule has 6 nitrogen and oxygen atoms in total. The lowest BCUT2D eigenvalue weighted by molar-refractivity contribution is 0.248. The third-order valence-electron chi connectivity index (χ3n) is 3.10. The summed E-state index contributed by atoms with van der Waals surface area (Å²) in [5, 5.41) is 2.55. The number of aromatic nitrogens is 1. The van der Waals surface area contributed by atoms with E-state index < -0.39 is 6.03 Å². The van der Waals surface area contributed by atoms with E-state index in [1.54, 1.807) is 6.20 Å². The fourth-order valence-electron chi connectivity index (χ4n) is 1.93. The molecule has 0 saturated carbocycles. The van der Waals surface area contributed by atoms with Crippen LogP contribution in [0.2, 0.25) is 0 Å². The minimum Gasteiger partial charge on any atom is -0.354 e. The zero-order chi connectivity index (χ0) is 13.0. The van der Waals surface area contributed by atoms with Crippen LogP contribution in [-0.4, -0.2) is 49.1 Å². The van der Waals surface area contributed by atoms with Crippen molar-refractivity contribution in [1.82, 2.24) is 15.2 Å². The summed E-state index contributed by atoms with van der Waals surface area (Å²) in [5.41, 5.74) is 5.97. The number of hydrogen-bond acceptors (Lipinski definition) is 4. The summed E-state index contributed by atoms with van der Waals surface area (Å²) in [6.07, 6.45) is 1.78. The molecule has 18 heavy (non-hydrogen) atoms. The Labute approximate surface area is 107 Å². The number of nitrogens with zero attached hydrogens (tertiary/aromatic N) is 3. The first-order chi connectivity index (χ1) is 8.65. The monoisotopic (exact) mass is 249 g/mol. The summed E-state index contributed by atoms with van der Waals surface area (Å²) in [5.74, 6) is 0.992. The summed E-state index contributed by atoms with van der Waals surface area (Å²) >= 11 is 0. The molecule has 2 amide bonds. The molecule has 3 N–H and O–H groups in total. The highest BCUT2D eigenvalue weighted by Crippen LogP contribution is 2.13. The molecular formula is C12H19N5O. The molecule has 1 saturated heterocycles. The number of piperazine rings is 1. The van der Waals surface area contributed by atoms with Gasteiger partial charge in [0.25, 0.3) is 0 Å². The van der Waals surface area contributed by atoms with E-state index in [1.165, 1.54) is 0 Å². The maximum atomic E-state index is 10.6. The van der Waals surface area contributed by atoms with E-state index in [0.29, 0.717) is 6.54 Å². The number of nitrogens with one attached hydrogen (secondary N) is 1. The summed E-state index contributed by atoms with van der Waals surface area (Å²) in [4.78, 5) is 19.6. The van der Waals surface area contributed by atoms with Crippen molar-refractivity contribution in [2.75, 3.05) is 38.1 Å². The minimum atomic E-state index is -0.516. The predicted molar refractivity (Wildman–Crippen MR) is 70.4 cm³/mol. The van der Waals surface area contributed by atoms with Crippen LogP contribution in [0.1, 0.15) is 5.56 Å². The lowest BCUT2D eigenvalue weighted by Crippen LogP contribution is -2.44. The van der Waals surface area contributed by atoms with Crippen molar-refractivity contribution >= 4 is 11.8 Å². The van der Waals surface area contributed by atoms with Gasteiger partial charge in [0.1, 0.15) is 5.82 Å². The van der Waals surface area contributed by atoms with E-state index in [4.69, 9.17) is 5.73 Å². The molecule has 98 valence electrons. The maximum absolute atomic E-state index is 10.6. The SMILES string of the molecule is CN1CCN(c2ccc(CNC(N)=O)cn2)CC1. The van der Waals surface area contributed by atoms with Gasteiger partial charge in [-0.15, -0.1) is 0 Å². The first kappa shape index (κ1) is 12.6. The Hall–Kier alpha value is -1.82. The number of rotatable bonds is 3. The number of primary amides is 1. The average Bonchev–Trinajstić information content (AvgIpc) is 2.38. The van der Waals surface area contributed by atoms with Gasteiger partial charge >= 0.3 is 6.03 Å². The third kappa shape index (κ3) is 3.33. The Morgan fingerprint density at radius 1 is 1.39 bits per heavy atom. The molecule has 2 rings (SSSR count). The second-order valence-electron chi connectivity index (χ2n) is 4.53. The van der Waals surface area contributed by atoms with Crippen LogP contribution in [0.15, 0.2) is 18.3 Å². The zero-order valence-corrected chi connectivity index (χ0v) is 10.6. The summed E-state index contributed by atoms with van der Waals surface area (Å²) < 4.78 is 0. The van der Waals surface area contributed by atoms with Crippen LogP contribution in [-0.2, 0) is 6.54 Å². The smallest absolute Gasteiger partial charge is 0.312 e. The summed E-state index contributed by atoms with van der Waals surface area (Å²) in [6, 6.07) is 3.44. The number of pyridine rings is 1. The summed E-state index contributed by atoms with van der Waals surface area (Å²) in [7, 11) is 2.13. The van der Waals surface area contributed by atoms with Crippen molar-refractivity contribution in [3.05, 3.63) is 23.9 Å². The van der Waals surface area contributed by atoms with Gasteiger partial charge < -0.3 is 20.9 Å². The first-order valence-electron chi connectivity index (χ1n) is 6.07. The summed E-state index contributed by atoms with van der Waals surface area (Å²) in [6.45, 7) is 4.55. The van der Waals surface area contributed by atoms with Crippen molar-refractivity contribution in [2.45, 2.75) is 6.54 Å². The van der Waals surface area contributed by atoms with Gasteiger partial charge in [0.05, 0.1) is 0 Å². The van der Waals surface area contributed by atoms with Crippen molar-refractivity contribution < 1.29 is 4.79 Å². The Kier molecular flexibility index (Phi) is 3.99. The largest absolute Gasteiger partial charge is 0.354 e. The Morgan fingerprint density at radius 2 is 2.11 bits per heavy atom. The van der Waals surface area contributed by atoms with Crippen LogP contribution >= 0.6 is 0 Å². The van der Waals surface area contributed by atoms with E-state index in [1.807, 2.05) is 12.1 Å². The fraction of sp³-hybridized carbons (Fsp3) is 0.500. The highest BCUT2D eigenvalue weighted by molar-refractivity contribution is 5.71. The lowest BCUT2D eigenvalue weighted by atomic mass is 10.2. The number of likely N-dealkylation sites (N-methyl/N-ethyl adjacent to an activating group) is 1. The molecule has 0 radical (unpaired) electrons.